The van der Waals surface area contributed by atoms with Gasteiger partial charge in [0.2, 0.25) is 0 Å². The van der Waals surface area contributed by atoms with Crippen LogP contribution < -0.4 is 0 Å². The van der Waals surface area contributed by atoms with E-state index in [4.69, 9.17) is 14.2 Å². The first-order valence-corrected chi connectivity index (χ1v) is 15.9. The molecule has 4 heteroatoms. The number of fused-ring (bicyclic) bond motifs is 7. The standard InChI is InChI=1S/C33H52O4/c1-6-7-8-9-29(34)36-24-13-15-31(4)23(18-24)10-11-25-26(31)14-16-32(5)27(25)19-28-30(32)22(3)33(37-28)17-12-21(2)20-35-33/h10,21-22,24-28,30H,6-9,11-20H2,1-5H3/t21-,22+,24+,25+,26+,27+,28+,30+,31+,32+,33-/m1/s1. The molecule has 2 aliphatic heterocycles. The lowest BCUT2D eigenvalue weighted by Gasteiger charge is -2.58. The Labute approximate surface area is 225 Å². The first kappa shape index (κ1) is 26.4. The summed E-state index contributed by atoms with van der Waals surface area (Å²) < 4.78 is 19.4. The quantitative estimate of drug-likeness (QED) is 0.214. The maximum absolute atomic E-state index is 12.4. The van der Waals surface area contributed by atoms with Crippen molar-refractivity contribution in [3.63, 3.8) is 0 Å². The minimum atomic E-state index is -0.315. The van der Waals surface area contributed by atoms with E-state index in [0.717, 1.165) is 62.9 Å². The molecule has 0 N–H and O–H groups in total. The summed E-state index contributed by atoms with van der Waals surface area (Å²) in [7, 11) is 0. The highest BCUT2D eigenvalue weighted by molar-refractivity contribution is 5.69. The van der Waals surface area contributed by atoms with Gasteiger partial charge in [0.15, 0.2) is 5.79 Å². The number of hydrogen-bond acceptors (Lipinski definition) is 4. The smallest absolute Gasteiger partial charge is 0.306 e. The molecule has 4 aliphatic carbocycles. The van der Waals surface area contributed by atoms with Gasteiger partial charge in [-0.15, -0.1) is 0 Å². The van der Waals surface area contributed by atoms with E-state index in [1.54, 1.807) is 5.57 Å². The zero-order valence-corrected chi connectivity index (χ0v) is 24.2. The normalized spacial score (nSPS) is 50.6. The molecule has 11 atom stereocenters. The Morgan fingerprint density at radius 3 is 2.68 bits per heavy atom. The molecule has 37 heavy (non-hydrogen) atoms. The summed E-state index contributed by atoms with van der Waals surface area (Å²) in [5.74, 6) is 3.77. The van der Waals surface area contributed by atoms with Gasteiger partial charge in [-0.3, -0.25) is 4.79 Å². The summed E-state index contributed by atoms with van der Waals surface area (Å²) in [5.41, 5.74) is 2.25. The summed E-state index contributed by atoms with van der Waals surface area (Å²) in [5, 5.41) is 0. The first-order valence-electron chi connectivity index (χ1n) is 15.9. The molecule has 208 valence electrons. The van der Waals surface area contributed by atoms with Crippen molar-refractivity contribution in [3.05, 3.63) is 11.6 Å². The van der Waals surface area contributed by atoms with E-state index >= 15 is 0 Å². The number of ether oxygens (including phenoxy) is 3. The molecule has 0 unspecified atom stereocenters. The predicted molar refractivity (Wildman–Crippen MR) is 146 cm³/mol. The van der Waals surface area contributed by atoms with Crippen molar-refractivity contribution in [2.75, 3.05) is 6.61 Å². The summed E-state index contributed by atoms with van der Waals surface area (Å²) in [4.78, 5) is 12.4. The number of carbonyl (C=O) groups is 1. The van der Waals surface area contributed by atoms with Gasteiger partial charge in [-0.25, -0.2) is 0 Å². The predicted octanol–water partition coefficient (Wildman–Crippen LogP) is 7.85. The monoisotopic (exact) mass is 512 g/mol. The van der Waals surface area contributed by atoms with Crippen molar-refractivity contribution in [1.82, 2.24) is 0 Å². The Hall–Kier alpha value is -0.870. The summed E-state index contributed by atoms with van der Waals surface area (Å²) in [6.07, 6.45) is 17.4. The van der Waals surface area contributed by atoms with E-state index in [0.29, 0.717) is 35.7 Å². The van der Waals surface area contributed by atoms with E-state index in [2.05, 4.69) is 40.7 Å². The second-order valence-corrected chi connectivity index (χ2v) is 14.6. The lowest BCUT2D eigenvalue weighted by atomic mass is 9.47. The maximum Gasteiger partial charge on any atom is 0.306 e. The number of rotatable bonds is 5. The van der Waals surface area contributed by atoms with Crippen LogP contribution in [0.3, 0.4) is 0 Å². The van der Waals surface area contributed by atoms with Crippen LogP contribution in [0, 0.1) is 46.3 Å². The fraction of sp³-hybridized carbons (Fsp3) is 0.909. The summed E-state index contributed by atoms with van der Waals surface area (Å²) in [6.45, 7) is 13.0. The van der Waals surface area contributed by atoms with Gasteiger partial charge in [0.05, 0.1) is 12.7 Å². The van der Waals surface area contributed by atoms with Gasteiger partial charge in [0, 0.05) is 25.2 Å². The lowest BCUT2D eigenvalue weighted by Crippen LogP contribution is -2.52. The van der Waals surface area contributed by atoms with Crippen LogP contribution in [0.4, 0.5) is 0 Å². The van der Waals surface area contributed by atoms with Crippen molar-refractivity contribution >= 4 is 5.97 Å². The van der Waals surface area contributed by atoms with Gasteiger partial charge in [0.1, 0.15) is 6.10 Å². The SMILES string of the molecule is CCCCCC(=O)O[C@H]1CC[C@@]2(C)C(=CC[C@@H]3[C@@H]4C[C@@H]5O[C@]6(CC[C@@H](C)CO6)[C@@H](C)[C@@H]5[C@@]4(C)CC[C@@H]32)C1. The number of allylic oxidation sites excluding steroid dienone is 1. The molecule has 0 bridgehead atoms. The average molecular weight is 513 g/mol. The second kappa shape index (κ2) is 9.65. The first-order chi connectivity index (χ1) is 17.7. The van der Waals surface area contributed by atoms with Crippen LogP contribution in [0.5, 0.6) is 0 Å². The van der Waals surface area contributed by atoms with Crippen molar-refractivity contribution in [1.29, 1.82) is 0 Å². The third-order valence-corrected chi connectivity index (χ3v) is 12.6. The Morgan fingerprint density at radius 1 is 1.08 bits per heavy atom. The van der Waals surface area contributed by atoms with Crippen molar-refractivity contribution in [2.24, 2.45) is 46.3 Å². The molecule has 2 heterocycles. The Bertz CT molecular complexity index is 902. The van der Waals surface area contributed by atoms with Crippen LogP contribution in [0.15, 0.2) is 11.6 Å². The number of carbonyl (C=O) groups excluding carboxylic acids is 1. The van der Waals surface area contributed by atoms with Gasteiger partial charge in [0.25, 0.3) is 0 Å². The van der Waals surface area contributed by atoms with Crippen LogP contribution in [0.25, 0.3) is 0 Å². The van der Waals surface area contributed by atoms with Crippen LogP contribution in [-0.2, 0) is 19.0 Å². The molecule has 3 saturated carbocycles. The van der Waals surface area contributed by atoms with Gasteiger partial charge < -0.3 is 14.2 Å². The lowest BCUT2D eigenvalue weighted by molar-refractivity contribution is -0.272. The van der Waals surface area contributed by atoms with Gasteiger partial charge >= 0.3 is 5.97 Å². The van der Waals surface area contributed by atoms with Crippen LogP contribution in [0.1, 0.15) is 118 Å². The Kier molecular flexibility index (Phi) is 6.87. The molecule has 2 saturated heterocycles. The van der Waals surface area contributed by atoms with Crippen molar-refractivity contribution < 1.29 is 19.0 Å². The molecule has 0 radical (unpaired) electrons. The highest BCUT2D eigenvalue weighted by Gasteiger charge is 2.68. The molecule has 6 rings (SSSR count). The summed E-state index contributed by atoms with van der Waals surface area (Å²) >= 11 is 0. The highest BCUT2D eigenvalue weighted by atomic mass is 16.7. The average Bonchev–Trinajstić information content (AvgIpc) is 3.31. The molecular weight excluding hydrogens is 460 g/mol. The van der Waals surface area contributed by atoms with Crippen LogP contribution in [-0.4, -0.2) is 30.6 Å². The number of hydrogen-bond donors (Lipinski definition) is 0. The minimum Gasteiger partial charge on any atom is -0.462 e. The second-order valence-electron chi connectivity index (χ2n) is 14.6. The van der Waals surface area contributed by atoms with Gasteiger partial charge in [-0.05, 0) is 91.8 Å². The molecule has 0 aromatic carbocycles. The third-order valence-electron chi connectivity index (χ3n) is 12.6. The third kappa shape index (κ3) is 4.17. The Morgan fingerprint density at radius 2 is 1.92 bits per heavy atom. The molecular formula is C33H52O4. The van der Waals surface area contributed by atoms with E-state index in [9.17, 15) is 4.79 Å². The molecule has 0 aromatic rings. The number of unbranched alkanes of at least 4 members (excludes halogenated alkanes) is 2. The van der Waals surface area contributed by atoms with E-state index in [-0.39, 0.29) is 23.3 Å². The highest BCUT2D eigenvalue weighted by Crippen LogP contribution is 2.70. The largest absolute Gasteiger partial charge is 0.462 e. The molecule has 5 fully saturated rings. The van der Waals surface area contributed by atoms with E-state index < -0.39 is 0 Å². The fourth-order valence-electron chi connectivity index (χ4n) is 10.5. The van der Waals surface area contributed by atoms with Crippen LogP contribution in [0.2, 0.25) is 0 Å². The van der Waals surface area contributed by atoms with Crippen molar-refractivity contribution in [3.8, 4) is 0 Å². The van der Waals surface area contributed by atoms with E-state index in [1.165, 1.54) is 38.5 Å². The maximum atomic E-state index is 12.4. The molecule has 0 amide bonds. The Balaban J connectivity index is 1.15. The molecule has 6 aliphatic rings. The molecule has 0 aromatic heterocycles. The zero-order chi connectivity index (χ0) is 26.0. The molecule has 4 nitrogen and oxygen atoms in total. The number of esters is 1. The van der Waals surface area contributed by atoms with Crippen LogP contribution >= 0.6 is 0 Å². The zero-order valence-electron chi connectivity index (χ0n) is 24.2. The molecule has 1 spiro atoms. The van der Waals surface area contributed by atoms with Gasteiger partial charge in [-0.2, -0.15) is 0 Å². The minimum absolute atomic E-state index is 0.0190. The van der Waals surface area contributed by atoms with Gasteiger partial charge in [-0.1, -0.05) is 59.1 Å². The summed E-state index contributed by atoms with van der Waals surface area (Å²) in [6, 6.07) is 0. The fourth-order valence-corrected chi connectivity index (χ4v) is 10.5. The van der Waals surface area contributed by atoms with E-state index in [1.807, 2.05) is 0 Å². The topological polar surface area (TPSA) is 44.8 Å². The van der Waals surface area contributed by atoms with Crippen molar-refractivity contribution in [2.45, 2.75) is 136 Å².